The van der Waals surface area contributed by atoms with Gasteiger partial charge < -0.3 is 4.74 Å². The molecular weight excluding hydrogens is 365 g/mol. The second-order valence-corrected chi connectivity index (χ2v) is 5.08. The van der Waals surface area contributed by atoms with E-state index in [9.17, 15) is 13.2 Å². The first-order valence-corrected chi connectivity index (χ1v) is 6.79. The largest absolute Gasteiger partial charge is 0.414 e. The molecule has 0 saturated heterocycles. The lowest BCUT2D eigenvalue weighted by atomic mass is 10.1. The monoisotopic (exact) mass is 374 g/mol. The van der Waals surface area contributed by atoms with Crippen LogP contribution in [0.5, 0.6) is 0 Å². The van der Waals surface area contributed by atoms with Crippen molar-refractivity contribution in [2.24, 2.45) is 0 Å². The van der Waals surface area contributed by atoms with E-state index in [1.54, 1.807) is 18.2 Å². The number of alkyl halides is 4. The summed E-state index contributed by atoms with van der Waals surface area (Å²) in [5.41, 5.74) is 0.701. The lowest BCUT2D eigenvalue weighted by molar-refractivity contribution is -0.225. The van der Waals surface area contributed by atoms with Crippen molar-refractivity contribution in [2.75, 3.05) is 5.33 Å². The molecule has 0 radical (unpaired) electrons. The molecule has 0 N–H and O–H groups in total. The molecule has 0 aliphatic rings. The van der Waals surface area contributed by atoms with Gasteiger partial charge >= 0.3 is 6.18 Å². The van der Waals surface area contributed by atoms with Crippen LogP contribution >= 0.6 is 31.9 Å². The fraction of sp³-hybridized carbons (Fsp3) is 0.455. The maximum Gasteiger partial charge on any atom is 0.414 e. The zero-order valence-corrected chi connectivity index (χ0v) is 12.1. The topological polar surface area (TPSA) is 9.23 Å². The summed E-state index contributed by atoms with van der Waals surface area (Å²) in [5.74, 6) is 0. The van der Waals surface area contributed by atoms with E-state index < -0.39 is 18.4 Å². The number of benzene rings is 1. The molecule has 2 atom stereocenters. The van der Waals surface area contributed by atoms with Gasteiger partial charge in [-0.15, -0.1) is 0 Å². The van der Waals surface area contributed by atoms with Gasteiger partial charge in [0.05, 0.1) is 6.10 Å². The normalized spacial score (nSPS) is 15.6. The molecule has 0 fully saturated rings. The van der Waals surface area contributed by atoms with E-state index in [-0.39, 0.29) is 0 Å². The Kier molecular flexibility index (Phi) is 5.47. The molecule has 0 aromatic heterocycles. The fourth-order valence-corrected chi connectivity index (χ4v) is 2.18. The highest BCUT2D eigenvalue weighted by atomic mass is 79.9. The third kappa shape index (κ3) is 4.60. The third-order valence-corrected chi connectivity index (χ3v) is 3.27. The predicted molar refractivity (Wildman–Crippen MR) is 67.3 cm³/mol. The molecule has 0 aliphatic heterocycles. The molecule has 96 valence electrons. The Bertz CT molecular complexity index is 368. The van der Waals surface area contributed by atoms with Crippen LogP contribution < -0.4 is 0 Å². The second kappa shape index (κ2) is 6.20. The summed E-state index contributed by atoms with van der Waals surface area (Å²) >= 11 is 6.44. The smallest absolute Gasteiger partial charge is 0.360 e. The fourth-order valence-electron chi connectivity index (χ4n) is 1.23. The maximum absolute atomic E-state index is 12.4. The summed E-state index contributed by atoms with van der Waals surface area (Å²) in [6, 6.07) is 7.05. The summed E-state index contributed by atoms with van der Waals surface area (Å²) in [6.07, 6.45) is -6.75. The minimum absolute atomic E-state index is 0.309. The summed E-state index contributed by atoms with van der Waals surface area (Å²) in [6.45, 7) is 1.01. The van der Waals surface area contributed by atoms with E-state index in [4.69, 9.17) is 4.74 Å². The number of hydrogen-bond donors (Lipinski definition) is 0. The Balaban J connectivity index is 2.79. The average Bonchev–Trinajstić information content (AvgIpc) is 2.24. The molecule has 1 aromatic rings. The number of rotatable bonds is 4. The lowest BCUT2D eigenvalue weighted by Gasteiger charge is -2.23. The van der Waals surface area contributed by atoms with Gasteiger partial charge in [-0.25, -0.2) is 0 Å². The van der Waals surface area contributed by atoms with Gasteiger partial charge in [0.1, 0.15) is 0 Å². The molecule has 1 aromatic carbocycles. The molecule has 0 bridgehead atoms. The average molecular weight is 376 g/mol. The van der Waals surface area contributed by atoms with Crippen molar-refractivity contribution in [3.8, 4) is 0 Å². The van der Waals surface area contributed by atoms with E-state index >= 15 is 0 Å². The Hall–Kier alpha value is -0.0700. The van der Waals surface area contributed by atoms with Crippen LogP contribution in [0.15, 0.2) is 28.7 Å². The lowest BCUT2D eigenvalue weighted by Crippen LogP contribution is -2.30. The molecular formula is C11H11Br2F3O. The SMILES string of the molecule is CC(OC(CBr)c1cccc(Br)c1)C(F)(F)F. The van der Waals surface area contributed by atoms with Crippen LogP contribution in [0.25, 0.3) is 0 Å². The quantitative estimate of drug-likeness (QED) is 0.683. The highest BCUT2D eigenvalue weighted by Crippen LogP contribution is 2.30. The first-order chi connectivity index (χ1) is 7.84. The second-order valence-electron chi connectivity index (χ2n) is 3.52. The van der Waals surface area contributed by atoms with Crippen molar-refractivity contribution in [3.05, 3.63) is 34.3 Å². The van der Waals surface area contributed by atoms with Gasteiger partial charge in [0.2, 0.25) is 0 Å². The third-order valence-electron chi connectivity index (χ3n) is 2.19. The number of halogens is 5. The molecule has 17 heavy (non-hydrogen) atoms. The van der Waals surface area contributed by atoms with E-state index in [0.29, 0.717) is 10.9 Å². The van der Waals surface area contributed by atoms with E-state index in [2.05, 4.69) is 31.9 Å². The van der Waals surface area contributed by atoms with Gasteiger partial charge in [0.15, 0.2) is 6.10 Å². The van der Waals surface area contributed by atoms with Crippen LogP contribution in [0.3, 0.4) is 0 Å². The minimum atomic E-state index is -4.34. The molecule has 1 rings (SSSR count). The molecule has 6 heteroatoms. The van der Waals surface area contributed by atoms with E-state index in [1.165, 1.54) is 0 Å². The van der Waals surface area contributed by atoms with Gasteiger partial charge in [-0.3, -0.25) is 0 Å². The Morgan fingerprint density at radius 3 is 2.47 bits per heavy atom. The van der Waals surface area contributed by atoms with E-state index in [1.807, 2.05) is 6.07 Å². The minimum Gasteiger partial charge on any atom is -0.360 e. The van der Waals surface area contributed by atoms with Crippen LogP contribution in [-0.2, 0) is 4.74 Å². The summed E-state index contributed by atoms with van der Waals surface area (Å²) in [5, 5.41) is 0.309. The van der Waals surface area contributed by atoms with Crippen LogP contribution in [0.1, 0.15) is 18.6 Å². The highest BCUT2D eigenvalue weighted by molar-refractivity contribution is 9.10. The van der Waals surface area contributed by atoms with Crippen LogP contribution in [0.2, 0.25) is 0 Å². The van der Waals surface area contributed by atoms with Gasteiger partial charge in [-0.1, -0.05) is 44.0 Å². The number of ether oxygens (including phenoxy) is 1. The molecule has 0 saturated carbocycles. The standard InChI is InChI=1S/C11H11Br2F3O/c1-7(11(14,15)16)17-10(6-12)8-3-2-4-9(13)5-8/h2-5,7,10H,6H2,1H3. The molecule has 0 aliphatic carbocycles. The zero-order valence-electron chi connectivity index (χ0n) is 8.97. The summed E-state index contributed by atoms with van der Waals surface area (Å²) < 4.78 is 43.0. The van der Waals surface area contributed by atoms with Gasteiger partial charge in [-0.05, 0) is 24.6 Å². The van der Waals surface area contributed by atoms with Crippen molar-refractivity contribution < 1.29 is 17.9 Å². The Morgan fingerprint density at radius 2 is 2.00 bits per heavy atom. The van der Waals surface area contributed by atoms with Crippen LogP contribution in [0, 0.1) is 0 Å². The summed E-state index contributed by atoms with van der Waals surface area (Å²) in [7, 11) is 0. The predicted octanol–water partition coefficient (Wildman–Crippen LogP) is 4.85. The first-order valence-electron chi connectivity index (χ1n) is 4.88. The molecule has 0 spiro atoms. The Labute approximate surface area is 115 Å². The van der Waals surface area contributed by atoms with Crippen LogP contribution in [-0.4, -0.2) is 17.6 Å². The van der Waals surface area contributed by atoms with Crippen molar-refractivity contribution in [1.82, 2.24) is 0 Å². The Morgan fingerprint density at radius 1 is 1.35 bits per heavy atom. The summed E-state index contributed by atoms with van der Waals surface area (Å²) in [4.78, 5) is 0. The van der Waals surface area contributed by atoms with Crippen LogP contribution in [0.4, 0.5) is 13.2 Å². The zero-order chi connectivity index (χ0) is 13.1. The molecule has 0 heterocycles. The van der Waals surface area contributed by atoms with Gasteiger partial charge in [0.25, 0.3) is 0 Å². The van der Waals surface area contributed by atoms with Crippen molar-refractivity contribution in [2.45, 2.75) is 25.3 Å². The van der Waals surface area contributed by atoms with Crippen molar-refractivity contribution in [1.29, 1.82) is 0 Å². The first kappa shape index (κ1) is 15.0. The van der Waals surface area contributed by atoms with E-state index in [0.717, 1.165) is 11.4 Å². The van der Waals surface area contributed by atoms with Crippen molar-refractivity contribution in [3.63, 3.8) is 0 Å². The molecule has 2 unspecified atom stereocenters. The van der Waals surface area contributed by atoms with Crippen molar-refractivity contribution >= 4 is 31.9 Å². The maximum atomic E-state index is 12.4. The molecule has 0 amide bonds. The molecule has 1 nitrogen and oxygen atoms in total. The van der Waals surface area contributed by atoms with Gasteiger partial charge in [0, 0.05) is 9.80 Å². The van der Waals surface area contributed by atoms with Gasteiger partial charge in [-0.2, -0.15) is 13.2 Å². The number of hydrogen-bond acceptors (Lipinski definition) is 1. The highest BCUT2D eigenvalue weighted by Gasteiger charge is 2.38.